The van der Waals surface area contributed by atoms with E-state index in [0.29, 0.717) is 22.4 Å². The number of para-hydroxylation sites is 1. The zero-order valence-corrected chi connectivity index (χ0v) is 9.70. The first-order chi connectivity index (χ1) is 9.15. The summed E-state index contributed by atoms with van der Waals surface area (Å²) in [6.07, 6.45) is 0. The summed E-state index contributed by atoms with van der Waals surface area (Å²) in [7, 11) is 0. The van der Waals surface area contributed by atoms with Gasteiger partial charge in [0.15, 0.2) is 5.52 Å². The van der Waals surface area contributed by atoms with Crippen molar-refractivity contribution in [3.63, 3.8) is 0 Å². The number of benzene rings is 2. The van der Waals surface area contributed by atoms with Gasteiger partial charge in [0.1, 0.15) is 11.6 Å². The number of nitrogens with one attached hydrogen (secondary N) is 1. The van der Waals surface area contributed by atoms with Crippen molar-refractivity contribution in [2.24, 2.45) is 0 Å². The Labute approximate surface area is 107 Å². The SMILES string of the molecule is O=[N+]([O-])c1cccc2[nH]c(-c3cccc(O)c3)nc12. The van der Waals surface area contributed by atoms with Crippen molar-refractivity contribution >= 4 is 16.7 Å². The molecule has 6 heteroatoms. The maximum Gasteiger partial charge on any atom is 0.297 e. The van der Waals surface area contributed by atoms with E-state index in [0.717, 1.165) is 0 Å². The van der Waals surface area contributed by atoms with Gasteiger partial charge in [-0.1, -0.05) is 18.2 Å². The Bertz CT molecular complexity index is 780. The van der Waals surface area contributed by atoms with Crippen LogP contribution in [-0.4, -0.2) is 20.0 Å². The standard InChI is InChI=1S/C13H9N3O3/c17-9-4-1-3-8(7-9)13-14-10-5-2-6-11(16(18)19)12(10)15-13/h1-7,17H,(H,14,15). The van der Waals surface area contributed by atoms with Crippen molar-refractivity contribution in [1.29, 1.82) is 0 Å². The fraction of sp³-hybridized carbons (Fsp3) is 0. The summed E-state index contributed by atoms with van der Waals surface area (Å²) in [5, 5.41) is 20.4. The molecule has 0 unspecified atom stereocenters. The number of non-ortho nitro benzene ring substituents is 1. The van der Waals surface area contributed by atoms with E-state index in [1.165, 1.54) is 6.07 Å². The zero-order valence-electron chi connectivity index (χ0n) is 9.70. The summed E-state index contributed by atoms with van der Waals surface area (Å²) in [5.74, 6) is 0.604. The molecule has 0 aliphatic carbocycles. The van der Waals surface area contributed by atoms with E-state index in [2.05, 4.69) is 9.97 Å². The third kappa shape index (κ3) is 1.89. The number of aromatic hydroxyl groups is 1. The molecule has 0 amide bonds. The lowest BCUT2D eigenvalue weighted by Crippen LogP contribution is -1.88. The first-order valence-corrected chi connectivity index (χ1v) is 5.57. The van der Waals surface area contributed by atoms with Gasteiger partial charge in [0.25, 0.3) is 5.69 Å². The molecule has 0 fully saturated rings. The number of H-pyrrole nitrogens is 1. The molecule has 0 radical (unpaired) electrons. The highest BCUT2D eigenvalue weighted by Crippen LogP contribution is 2.28. The first-order valence-electron chi connectivity index (χ1n) is 5.57. The van der Waals surface area contributed by atoms with Crippen LogP contribution in [0.1, 0.15) is 0 Å². The highest BCUT2D eigenvalue weighted by atomic mass is 16.6. The highest BCUT2D eigenvalue weighted by molar-refractivity contribution is 5.87. The predicted octanol–water partition coefficient (Wildman–Crippen LogP) is 2.84. The number of hydrogen-bond acceptors (Lipinski definition) is 4. The highest BCUT2D eigenvalue weighted by Gasteiger charge is 2.16. The Morgan fingerprint density at radius 2 is 2.00 bits per heavy atom. The molecule has 0 atom stereocenters. The molecule has 3 aromatic rings. The number of hydrogen-bond donors (Lipinski definition) is 2. The number of aromatic nitrogens is 2. The third-order valence-electron chi connectivity index (χ3n) is 2.81. The Hall–Kier alpha value is -2.89. The number of nitro groups is 1. The van der Waals surface area contributed by atoms with Crippen LogP contribution >= 0.6 is 0 Å². The Kier molecular flexibility index (Phi) is 2.42. The smallest absolute Gasteiger partial charge is 0.297 e. The third-order valence-corrected chi connectivity index (χ3v) is 2.81. The number of aromatic amines is 1. The lowest BCUT2D eigenvalue weighted by molar-refractivity contribution is -0.383. The van der Waals surface area contributed by atoms with Gasteiger partial charge in [-0.3, -0.25) is 10.1 Å². The largest absolute Gasteiger partial charge is 0.508 e. The average molecular weight is 255 g/mol. The fourth-order valence-corrected chi connectivity index (χ4v) is 1.95. The van der Waals surface area contributed by atoms with Crippen molar-refractivity contribution < 1.29 is 10.0 Å². The maximum absolute atomic E-state index is 10.9. The van der Waals surface area contributed by atoms with Crippen LogP contribution in [-0.2, 0) is 0 Å². The van der Waals surface area contributed by atoms with Crippen molar-refractivity contribution in [3.05, 3.63) is 52.6 Å². The van der Waals surface area contributed by atoms with E-state index in [1.807, 2.05) is 0 Å². The zero-order chi connectivity index (χ0) is 13.4. The van der Waals surface area contributed by atoms with E-state index in [-0.39, 0.29) is 11.4 Å². The van der Waals surface area contributed by atoms with E-state index < -0.39 is 4.92 Å². The van der Waals surface area contributed by atoms with E-state index in [9.17, 15) is 15.2 Å². The number of nitro benzene ring substituents is 1. The van der Waals surface area contributed by atoms with Gasteiger partial charge in [-0.05, 0) is 18.2 Å². The van der Waals surface area contributed by atoms with Gasteiger partial charge in [0, 0.05) is 11.6 Å². The Morgan fingerprint density at radius 1 is 1.21 bits per heavy atom. The Morgan fingerprint density at radius 3 is 2.74 bits per heavy atom. The maximum atomic E-state index is 10.9. The molecule has 0 aliphatic rings. The van der Waals surface area contributed by atoms with E-state index in [1.54, 1.807) is 36.4 Å². The molecule has 3 rings (SSSR count). The van der Waals surface area contributed by atoms with Gasteiger partial charge >= 0.3 is 0 Å². The average Bonchev–Trinajstić information content (AvgIpc) is 2.82. The molecule has 1 heterocycles. The molecule has 94 valence electrons. The molecule has 2 N–H and O–H groups in total. The minimum Gasteiger partial charge on any atom is -0.508 e. The molecule has 1 aromatic heterocycles. The second-order valence-corrected chi connectivity index (χ2v) is 4.07. The minimum absolute atomic E-state index is 0.0415. The van der Waals surface area contributed by atoms with Crippen molar-refractivity contribution in [2.75, 3.05) is 0 Å². The molecule has 19 heavy (non-hydrogen) atoms. The number of phenols is 1. The van der Waals surface area contributed by atoms with E-state index >= 15 is 0 Å². The summed E-state index contributed by atoms with van der Waals surface area (Å²) in [4.78, 5) is 17.7. The van der Waals surface area contributed by atoms with Gasteiger partial charge < -0.3 is 10.1 Å². The second kappa shape index (κ2) is 4.09. The molecular weight excluding hydrogens is 246 g/mol. The summed E-state index contributed by atoms with van der Waals surface area (Å²) < 4.78 is 0. The number of phenolic OH excluding ortho intramolecular Hbond substituents is 1. The molecular formula is C13H9N3O3. The van der Waals surface area contributed by atoms with Gasteiger partial charge in [0.2, 0.25) is 0 Å². The molecule has 0 aliphatic heterocycles. The molecule has 0 bridgehead atoms. The van der Waals surface area contributed by atoms with Crippen LogP contribution in [0.5, 0.6) is 5.75 Å². The van der Waals surface area contributed by atoms with Crippen molar-refractivity contribution in [1.82, 2.24) is 9.97 Å². The monoisotopic (exact) mass is 255 g/mol. The number of imidazole rings is 1. The Balaban J connectivity index is 2.22. The van der Waals surface area contributed by atoms with Crippen LogP contribution < -0.4 is 0 Å². The summed E-state index contributed by atoms with van der Waals surface area (Å²) in [6, 6.07) is 11.3. The molecule has 6 nitrogen and oxygen atoms in total. The van der Waals surface area contributed by atoms with Crippen LogP contribution in [0.2, 0.25) is 0 Å². The quantitative estimate of drug-likeness (QED) is 0.544. The first kappa shape index (κ1) is 11.2. The van der Waals surface area contributed by atoms with Crippen molar-refractivity contribution in [2.45, 2.75) is 0 Å². The van der Waals surface area contributed by atoms with Gasteiger partial charge in [-0.25, -0.2) is 4.98 Å². The van der Waals surface area contributed by atoms with Crippen LogP contribution in [0.4, 0.5) is 5.69 Å². The number of rotatable bonds is 2. The van der Waals surface area contributed by atoms with Crippen LogP contribution in [0, 0.1) is 10.1 Å². The second-order valence-electron chi connectivity index (χ2n) is 4.07. The normalized spacial score (nSPS) is 10.7. The summed E-state index contributed by atoms with van der Waals surface area (Å²) in [5.41, 5.74) is 1.53. The molecule has 0 saturated carbocycles. The van der Waals surface area contributed by atoms with Gasteiger partial charge in [-0.2, -0.15) is 0 Å². The van der Waals surface area contributed by atoms with Gasteiger partial charge in [0.05, 0.1) is 10.4 Å². The predicted molar refractivity (Wildman–Crippen MR) is 69.8 cm³/mol. The van der Waals surface area contributed by atoms with Crippen LogP contribution in [0.15, 0.2) is 42.5 Å². The fourth-order valence-electron chi connectivity index (χ4n) is 1.95. The minimum atomic E-state index is -0.463. The lowest BCUT2D eigenvalue weighted by atomic mass is 10.2. The lowest BCUT2D eigenvalue weighted by Gasteiger charge is -1.96. The summed E-state index contributed by atoms with van der Waals surface area (Å²) >= 11 is 0. The van der Waals surface area contributed by atoms with Crippen LogP contribution in [0.3, 0.4) is 0 Å². The summed E-state index contributed by atoms with van der Waals surface area (Å²) in [6.45, 7) is 0. The van der Waals surface area contributed by atoms with Gasteiger partial charge in [-0.15, -0.1) is 0 Å². The van der Waals surface area contributed by atoms with Crippen molar-refractivity contribution in [3.8, 4) is 17.1 Å². The van der Waals surface area contributed by atoms with Crippen LogP contribution in [0.25, 0.3) is 22.4 Å². The topological polar surface area (TPSA) is 92.0 Å². The molecule has 2 aromatic carbocycles. The number of nitrogens with zero attached hydrogens (tertiary/aromatic N) is 2. The number of fused-ring (bicyclic) bond motifs is 1. The van der Waals surface area contributed by atoms with E-state index in [4.69, 9.17) is 0 Å². The molecule has 0 saturated heterocycles. The molecule has 0 spiro atoms.